The number of carboxylic acids is 1. The second-order valence-corrected chi connectivity index (χ2v) is 6.93. The highest BCUT2D eigenvalue weighted by molar-refractivity contribution is 6.37. The minimum absolute atomic E-state index is 0.0742. The highest BCUT2D eigenvalue weighted by Gasteiger charge is 2.28. The van der Waals surface area contributed by atoms with Crippen LogP contribution in [-0.4, -0.2) is 27.6 Å². The summed E-state index contributed by atoms with van der Waals surface area (Å²) in [4.78, 5) is 25.7. The predicted octanol–water partition coefficient (Wildman–Crippen LogP) is 4.82. The molecule has 1 fully saturated rings. The molecule has 136 valence electrons. The zero-order chi connectivity index (χ0) is 19.1. The first kappa shape index (κ1) is 17.6. The lowest BCUT2D eigenvalue weighted by Gasteiger charge is -2.14. The highest BCUT2D eigenvalue weighted by atomic mass is 35.5. The molecule has 1 amide bonds. The molecular formula is C20H14Cl2N2O3. The van der Waals surface area contributed by atoms with Gasteiger partial charge in [0, 0.05) is 40.5 Å². The summed E-state index contributed by atoms with van der Waals surface area (Å²) in [7, 11) is 0. The van der Waals surface area contributed by atoms with Gasteiger partial charge in [-0.2, -0.15) is 0 Å². The summed E-state index contributed by atoms with van der Waals surface area (Å²) in [5.74, 6) is -1.12. The van der Waals surface area contributed by atoms with Crippen LogP contribution in [0.2, 0.25) is 5.15 Å². The fraction of sp³-hybridized carbons (Fsp3) is 0.100. The van der Waals surface area contributed by atoms with Crippen LogP contribution in [-0.2, 0) is 4.79 Å². The summed E-state index contributed by atoms with van der Waals surface area (Å²) in [5, 5.41) is 10.1. The number of para-hydroxylation sites is 1. The van der Waals surface area contributed by atoms with Gasteiger partial charge < -0.3 is 10.0 Å². The third kappa shape index (κ3) is 2.99. The number of hydrogen-bond acceptors (Lipinski definition) is 2. The lowest BCUT2D eigenvalue weighted by Crippen LogP contribution is -2.24. The van der Waals surface area contributed by atoms with Crippen LogP contribution >= 0.6 is 23.4 Å². The lowest BCUT2D eigenvalue weighted by molar-refractivity contribution is -0.114. The summed E-state index contributed by atoms with van der Waals surface area (Å²) >= 11 is 12.6. The van der Waals surface area contributed by atoms with E-state index in [0.29, 0.717) is 35.0 Å². The topological polar surface area (TPSA) is 62.5 Å². The van der Waals surface area contributed by atoms with Crippen LogP contribution in [0.3, 0.4) is 0 Å². The van der Waals surface area contributed by atoms with Crippen LogP contribution in [0.4, 0.5) is 5.69 Å². The van der Waals surface area contributed by atoms with Crippen molar-refractivity contribution in [2.24, 2.45) is 0 Å². The van der Waals surface area contributed by atoms with Crippen molar-refractivity contribution in [3.8, 4) is 0 Å². The second kappa shape index (κ2) is 6.76. The Morgan fingerprint density at radius 1 is 1.15 bits per heavy atom. The molecule has 7 heteroatoms. The highest BCUT2D eigenvalue weighted by Crippen LogP contribution is 2.35. The van der Waals surface area contributed by atoms with Crippen LogP contribution in [0.1, 0.15) is 22.3 Å². The second-order valence-electron chi connectivity index (χ2n) is 6.23. The van der Waals surface area contributed by atoms with E-state index in [4.69, 9.17) is 28.5 Å². The van der Waals surface area contributed by atoms with Gasteiger partial charge in [-0.25, -0.2) is 8.88 Å². The minimum Gasteiger partial charge on any atom is -0.478 e. The molecule has 2 heterocycles. The van der Waals surface area contributed by atoms with E-state index in [-0.39, 0.29) is 16.6 Å². The Hall–Kier alpha value is -2.76. The van der Waals surface area contributed by atoms with Crippen molar-refractivity contribution in [2.75, 3.05) is 11.4 Å². The van der Waals surface area contributed by atoms with Gasteiger partial charge in [-0.1, -0.05) is 35.9 Å². The molecule has 3 aromatic rings. The smallest absolute Gasteiger partial charge is 0.335 e. The maximum atomic E-state index is 12.8. The number of carbonyl (C=O) groups is 2. The molecule has 4 rings (SSSR count). The van der Waals surface area contributed by atoms with E-state index >= 15 is 0 Å². The van der Waals surface area contributed by atoms with Gasteiger partial charge in [-0.3, -0.25) is 4.79 Å². The molecule has 0 bridgehead atoms. The summed E-state index contributed by atoms with van der Waals surface area (Å²) < 4.78 is 1.21. The average molecular weight is 401 g/mol. The van der Waals surface area contributed by atoms with E-state index in [9.17, 15) is 9.59 Å². The van der Waals surface area contributed by atoms with Gasteiger partial charge in [0.2, 0.25) is 0 Å². The molecule has 1 aliphatic rings. The van der Waals surface area contributed by atoms with Gasteiger partial charge in [0.05, 0.1) is 11.1 Å². The molecule has 1 aliphatic heterocycles. The number of carboxylic acid groups (broad SMARTS) is 1. The lowest BCUT2D eigenvalue weighted by atomic mass is 10.1. The number of anilines is 1. The zero-order valence-electron chi connectivity index (χ0n) is 14.0. The third-order valence-electron chi connectivity index (χ3n) is 4.65. The van der Waals surface area contributed by atoms with Gasteiger partial charge in [-0.05, 0) is 36.8 Å². The standard InChI is InChI=1S/C20H14Cl2N2O3/c21-18-16(15-7-6-13(20(26)27)11-17(15)24(18)22)10-12-8-9-23(19(12)25)14-4-2-1-3-5-14/h1-7,10-11H,8-9H2,(H,26,27). The van der Waals surface area contributed by atoms with Crippen LogP contribution in [0.25, 0.3) is 17.0 Å². The van der Waals surface area contributed by atoms with Crippen molar-refractivity contribution in [3.05, 3.63) is 70.4 Å². The van der Waals surface area contributed by atoms with Crippen molar-refractivity contribution in [2.45, 2.75) is 6.42 Å². The fourth-order valence-electron chi connectivity index (χ4n) is 3.29. The Bertz CT molecular complexity index is 1100. The Kier molecular flexibility index (Phi) is 4.42. The Morgan fingerprint density at radius 2 is 1.89 bits per heavy atom. The SMILES string of the molecule is O=C(O)c1ccc2c(C=C3CCN(c4ccccc4)C3=O)c(Cl)n(Cl)c2c1. The van der Waals surface area contributed by atoms with Crippen molar-refractivity contribution in [1.29, 1.82) is 0 Å². The Morgan fingerprint density at radius 3 is 2.59 bits per heavy atom. The minimum atomic E-state index is -1.05. The first-order valence-corrected chi connectivity index (χ1v) is 9.00. The maximum Gasteiger partial charge on any atom is 0.335 e. The van der Waals surface area contributed by atoms with Crippen LogP contribution < -0.4 is 4.90 Å². The monoisotopic (exact) mass is 400 g/mol. The molecular weight excluding hydrogens is 387 g/mol. The molecule has 0 saturated carbocycles. The molecule has 2 aromatic carbocycles. The van der Waals surface area contributed by atoms with Crippen molar-refractivity contribution in [3.63, 3.8) is 0 Å². The van der Waals surface area contributed by atoms with E-state index < -0.39 is 5.97 Å². The van der Waals surface area contributed by atoms with Crippen LogP contribution in [0, 0.1) is 0 Å². The molecule has 5 nitrogen and oxygen atoms in total. The normalized spacial score (nSPS) is 15.9. The fourth-order valence-corrected chi connectivity index (χ4v) is 3.77. The Balaban J connectivity index is 1.76. The predicted molar refractivity (Wildman–Crippen MR) is 107 cm³/mol. The zero-order valence-corrected chi connectivity index (χ0v) is 15.5. The number of aromatic nitrogens is 1. The van der Waals surface area contributed by atoms with Gasteiger partial charge in [0.1, 0.15) is 5.15 Å². The van der Waals surface area contributed by atoms with E-state index in [1.807, 2.05) is 30.3 Å². The summed E-state index contributed by atoms with van der Waals surface area (Å²) in [6, 6.07) is 14.1. The molecule has 1 aromatic heterocycles. The van der Waals surface area contributed by atoms with E-state index in [1.54, 1.807) is 17.0 Å². The number of fused-ring (bicyclic) bond motifs is 1. The Labute approximate surface area is 165 Å². The van der Waals surface area contributed by atoms with Crippen LogP contribution in [0.5, 0.6) is 0 Å². The summed E-state index contributed by atoms with van der Waals surface area (Å²) in [6.45, 7) is 0.592. The first-order chi connectivity index (χ1) is 13.0. The van der Waals surface area contributed by atoms with E-state index in [0.717, 1.165) is 5.69 Å². The van der Waals surface area contributed by atoms with Gasteiger partial charge in [0.15, 0.2) is 0 Å². The number of halogens is 2. The number of rotatable bonds is 3. The molecule has 1 N–H and O–H groups in total. The average Bonchev–Trinajstić information content (AvgIpc) is 3.15. The maximum absolute atomic E-state index is 12.8. The molecule has 27 heavy (non-hydrogen) atoms. The molecule has 1 saturated heterocycles. The quantitative estimate of drug-likeness (QED) is 0.641. The van der Waals surface area contributed by atoms with E-state index in [2.05, 4.69) is 0 Å². The molecule has 0 radical (unpaired) electrons. The number of amides is 1. The number of benzene rings is 2. The van der Waals surface area contributed by atoms with Gasteiger partial charge in [-0.15, -0.1) is 0 Å². The molecule has 0 aliphatic carbocycles. The summed E-state index contributed by atoms with van der Waals surface area (Å²) in [5.41, 5.74) is 2.69. The van der Waals surface area contributed by atoms with E-state index in [1.165, 1.54) is 16.2 Å². The van der Waals surface area contributed by atoms with Crippen LogP contribution in [0.15, 0.2) is 54.1 Å². The van der Waals surface area contributed by atoms with Crippen molar-refractivity contribution in [1.82, 2.24) is 4.09 Å². The summed E-state index contributed by atoms with van der Waals surface area (Å²) in [6.07, 6.45) is 2.33. The number of carbonyl (C=O) groups excluding carboxylic acids is 1. The number of hydrogen-bond donors (Lipinski definition) is 1. The van der Waals surface area contributed by atoms with Gasteiger partial charge >= 0.3 is 5.97 Å². The van der Waals surface area contributed by atoms with Crippen molar-refractivity contribution < 1.29 is 14.7 Å². The first-order valence-electron chi connectivity index (χ1n) is 8.28. The molecule has 0 unspecified atom stereocenters. The molecule has 0 spiro atoms. The largest absolute Gasteiger partial charge is 0.478 e. The third-order valence-corrected chi connectivity index (χ3v) is 5.46. The number of nitrogens with zero attached hydrogens (tertiary/aromatic N) is 2. The number of aromatic carboxylic acids is 1. The van der Waals surface area contributed by atoms with Crippen molar-refractivity contribution >= 4 is 57.9 Å². The molecule has 0 atom stereocenters. The van der Waals surface area contributed by atoms with Gasteiger partial charge in [0.25, 0.3) is 5.91 Å².